The second kappa shape index (κ2) is 33.3. The monoisotopic (exact) mass is 1610 g/mol. The molecule has 600 valence electrons. The summed E-state index contributed by atoms with van der Waals surface area (Å²) in [4.78, 5) is 51.2. The van der Waals surface area contributed by atoms with Gasteiger partial charge in [0.1, 0.15) is 41.4 Å². The molecular weight excluding hydrogens is 1520 g/mol. The predicted octanol–water partition coefficient (Wildman–Crippen LogP) is 10.8. The standard InChI is InChI=1S/C30H29ClN8O.C30H29FN8O.C30H30N8O/c1-29(2,33)9-8-20-15-23(27-22(16-32)18-36-39(27)19-20)21-6-7-25(35-17-21)38-13-10-30(3,11-14-38)37-28(40)26-24(31)5-4-12-34-26;1-30(2,33)7-6-19-8-25(28-22(11-32)14-36-39(28)16-19)21-4-5-27(34-13-21)37-17-23-10-24(18-37)38(23)15-20-9-26(31)29(40-3)35-12-20;1-30(2,32)9-8-20-10-26(29-23(12-31)15-35-38(29)17-20)22-5-6-27(33-14-22)36-18-24-11-25(19-36)37(24)16-21-4-7-28(39-3)34-13-21/h4-7,12,15,17-19H,10-11,13-14,33H2,1-3H3,(H,37,40);4-5,8-9,12-14,16,23-24H,10,15,17-18,33H2,1-3H3;4-7,10,13-15,17,24-25H,11,16,18-19,32H2,1-3H3/i;;3D3. The van der Waals surface area contributed by atoms with Gasteiger partial charge in [-0.25, -0.2) is 47.8 Å². The molecule has 27 nitrogen and oxygen atoms in total. The molecule has 29 heteroatoms. The molecule has 119 heavy (non-hydrogen) atoms. The Labute approximate surface area is 698 Å². The lowest BCUT2D eigenvalue weighted by Gasteiger charge is -2.56. The Morgan fingerprint density at radius 1 is 0.563 bits per heavy atom. The van der Waals surface area contributed by atoms with Crippen LogP contribution in [0.15, 0.2) is 159 Å². The summed E-state index contributed by atoms with van der Waals surface area (Å²) >= 11 is 6.16. The molecule has 0 saturated carbocycles. The van der Waals surface area contributed by atoms with Gasteiger partial charge in [-0.15, -0.1) is 0 Å². The van der Waals surface area contributed by atoms with Crippen LogP contribution in [0.2, 0.25) is 5.02 Å². The highest BCUT2D eigenvalue weighted by atomic mass is 35.5. The van der Waals surface area contributed by atoms with E-state index in [1.807, 2.05) is 134 Å². The van der Waals surface area contributed by atoms with E-state index in [-0.39, 0.29) is 28.9 Å². The van der Waals surface area contributed by atoms with Crippen molar-refractivity contribution in [2.45, 2.75) is 134 Å². The number of hydrogen-bond acceptors (Lipinski definition) is 23. The number of pyridine rings is 9. The normalized spacial score (nSPS) is 17.8. The van der Waals surface area contributed by atoms with Gasteiger partial charge >= 0.3 is 0 Å². The van der Waals surface area contributed by atoms with Gasteiger partial charge in [-0.2, -0.15) is 31.1 Å². The number of methoxy groups -OCH3 is 2. The molecule has 4 bridgehead atoms. The molecule has 7 aliphatic heterocycles. The molecule has 0 aromatic carbocycles. The van der Waals surface area contributed by atoms with Gasteiger partial charge in [0.2, 0.25) is 11.8 Å². The number of nitrogens with two attached hydrogens (primary N) is 3. The van der Waals surface area contributed by atoms with Crippen LogP contribution in [0.5, 0.6) is 11.8 Å². The minimum absolute atomic E-state index is 0.0187. The molecular formula is C90H88ClFN24O3. The fourth-order valence-electron chi connectivity index (χ4n) is 15.6. The maximum Gasteiger partial charge on any atom is 0.271 e. The van der Waals surface area contributed by atoms with Gasteiger partial charge < -0.3 is 46.7 Å². The van der Waals surface area contributed by atoms with Crippen molar-refractivity contribution in [3.63, 3.8) is 0 Å². The molecule has 7 fully saturated rings. The SMILES string of the molecule is CC(C)(N)C#Cc1cc(-c2ccc(N3CCC(C)(NC(=O)c4ncccc4Cl)CC3)nc2)c2c(C#N)cnn2c1.COc1ncc(CN2C3CC2CN(c2ccc(-c4cc(C#CC(C)(C)N)cn5ncc(C#N)c45)cn2)C3)cc1F.[2H]C([2H])([2H])Oc1ccc(CN2C3CC2CN(c2ccc(-c4cc(C#CC(C)(C)N)cn5ncc(C#N)c45)cn2)C3)cn1. The van der Waals surface area contributed by atoms with Crippen LogP contribution in [0.1, 0.15) is 133 Å². The Bertz CT molecular complexity index is 6290. The van der Waals surface area contributed by atoms with E-state index in [1.54, 1.807) is 81.3 Å². The number of carbonyl (C=O) groups is 1. The molecule has 7 saturated heterocycles. The topological polar surface area (TPSA) is 342 Å². The number of fused-ring (bicyclic) bond motifs is 7. The second-order valence-corrected chi connectivity index (χ2v) is 32.9. The smallest absolute Gasteiger partial charge is 0.271 e. The number of aromatic nitrogens is 12. The maximum absolute atomic E-state index is 14.1. The Hall–Kier alpha value is -13.4. The third-order valence-corrected chi connectivity index (χ3v) is 21.9. The Morgan fingerprint density at radius 3 is 1.36 bits per heavy atom. The lowest BCUT2D eigenvalue weighted by molar-refractivity contribution is -0.00885. The molecule has 19 heterocycles. The van der Waals surface area contributed by atoms with Crippen molar-refractivity contribution in [2.24, 2.45) is 17.2 Å². The van der Waals surface area contributed by atoms with Crippen molar-refractivity contribution < 1.29 is 22.8 Å². The van der Waals surface area contributed by atoms with E-state index in [1.165, 1.54) is 13.2 Å². The number of anilines is 3. The number of nitrogens with zero attached hydrogens (tertiary/aromatic N) is 20. The second-order valence-electron chi connectivity index (χ2n) is 32.5. The molecule has 12 aromatic rings. The minimum atomic E-state index is -2.51. The number of nitrogens with one attached hydrogen (secondary N) is 1. The highest BCUT2D eigenvalue weighted by Gasteiger charge is 2.46. The molecule has 7 N–H and O–H groups in total. The number of piperazine rings is 2. The Kier molecular flexibility index (Phi) is 21.5. The summed E-state index contributed by atoms with van der Waals surface area (Å²) in [5.74, 6) is 20.6. The summed E-state index contributed by atoms with van der Waals surface area (Å²) in [5, 5.41) is 45.6. The largest absolute Gasteiger partial charge is 0.481 e. The Morgan fingerprint density at radius 2 is 0.992 bits per heavy atom. The third kappa shape index (κ3) is 18.1. The van der Waals surface area contributed by atoms with Crippen molar-refractivity contribution in [3.8, 4) is 98.9 Å². The van der Waals surface area contributed by atoms with Gasteiger partial charge in [0.05, 0.1) is 91.7 Å². The molecule has 0 radical (unpaired) electrons. The molecule has 0 spiro atoms. The highest BCUT2D eigenvalue weighted by Crippen LogP contribution is 2.40. The van der Waals surface area contributed by atoms with E-state index >= 15 is 0 Å². The minimum Gasteiger partial charge on any atom is -0.481 e. The quantitative estimate of drug-likeness (QED) is 0.0735. The summed E-state index contributed by atoms with van der Waals surface area (Å²) < 4.78 is 50.6. The van der Waals surface area contributed by atoms with Crippen molar-refractivity contribution in [2.75, 3.05) is 68.1 Å². The first-order valence-corrected chi connectivity index (χ1v) is 39.2. The summed E-state index contributed by atoms with van der Waals surface area (Å²) in [5.41, 5.74) is 28.9. The van der Waals surface area contributed by atoms with Crippen molar-refractivity contribution in [1.82, 2.24) is 73.9 Å². The van der Waals surface area contributed by atoms with E-state index in [0.717, 1.165) is 150 Å². The van der Waals surface area contributed by atoms with Crippen LogP contribution in [0.3, 0.4) is 0 Å². The van der Waals surface area contributed by atoms with Crippen molar-refractivity contribution in [1.29, 1.82) is 15.8 Å². The number of piperidine rings is 3. The number of carbonyl (C=O) groups excluding carboxylic acids is 1. The highest BCUT2D eigenvalue weighted by molar-refractivity contribution is 6.33. The fourth-order valence-corrected chi connectivity index (χ4v) is 15.8. The van der Waals surface area contributed by atoms with Crippen LogP contribution in [0.25, 0.3) is 49.9 Å². The summed E-state index contributed by atoms with van der Waals surface area (Å²) in [6.07, 6.45) is 24.2. The van der Waals surface area contributed by atoms with Gasteiger partial charge in [-0.3, -0.25) is 14.6 Å². The molecule has 4 unspecified atom stereocenters. The maximum atomic E-state index is 14.1. The zero-order valence-electron chi connectivity index (χ0n) is 70.0. The van der Waals surface area contributed by atoms with Crippen LogP contribution in [-0.2, 0) is 13.1 Å². The van der Waals surface area contributed by atoms with E-state index < -0.39 is 29.5 Å². The van der Waals surface area contributed by atoms with E-state index in [2.05, 4.69) is 114 Å². The molecule has 0 aliphatic carbocycles. The van der Waals surface area contributed by atoms with Crippen molar-refractivity contribution >= 4 is 51.5 Å². The van der Waals surface area contributed by atoms with Gasteiger partial charge in [0, 0.05) is 194 Å². The molecule has 1 amide bonds. The van der Waals surface area contributed by atoms with E-state index in [4.69, 9.17) is 57.3 Å². The van der Waals surface area contributed by atoms with Crippen LogP contribution in [0, 0.1) is 75.3 Å². The van der Waals surface area contributed by atoms with Crippen LogP contribution >= 0.6 is 11.6 Å². The lowest BCUT2D eigenvalue weighted by Crippen LogP contribution is -2.68. The zero-order chi connectivity index (χ0) is 86.2. The molecule has 7 aliphatic rings. The van der Waals surface area contributed by atoms with Gasteiger partial charge in [-0.05, 0) is 158 Å². The van der Waals surface area contributed by atoms with Gasteiger partial charge in [0.15, 0.2) is 5.82 Å². The van der Waals surface area contributed by atoms with Crippen molar-refractivity contribution in [3.05, 3.63) is 220 Å². The van der Waals surface area contributed by atoms with Gasteiger partial charge in [0.25, 0.3) is 5.91 Å². The zero-order valence-corrected chi connectivity index (χ0v) is 67.7. The van der Waals surface area contributed by atoms with Crippen LogP contribution in [-0.4, -0.2) is 174 Å². The summed E-state index contributed by atoms with van der Waals surface area (Å²) in [6, 6.07) is 34.5. The van der Waals surface area contributed by atoms with E-state index in [9.17, 15) is 25.0 Å². The average Bonchev–Trinajstić information content (AvgIpc) is 1.21. The molecule has 12 aromatic heterocycles. The summed E-state index contributed by atoms with van der Waals surface area (Å²) in [6.45, 7) is 19.4. The van der Waals surface area contributed by atoms with E-state index in [0.29, 0.717) is 69.0 Å². The number of amides is 1. The van der Waals surface area contributed by atoms with Gasteiger partial charge in [-0.1, -0.05) is 53.2 Å². The number of halogens is 2. The molecule has 4 atom stereocenters. The number of hydrogen-bond donors (Lipinski definition) is 4. The van der Waals surface area contributed by atoms with Crippen LogP contribution < -0.4 is 46.7 Å². The molecule has 19 rings (SSSR count). The first-order valence-electron chi connectivity index (χ1n) is 40.3. The van der Waals surface area contributed by atoms with Crippen LogP contribution in [0.4, 0.5) is 21.8 Å². The number of nitriles is 3. The fraction of sp³-hybridized carbons (Fsp3) is 0.322. The number of rotatable bonds is 14. The first kappa shape index (κ1) is 76.9. The average molecular weight is 1610 g/mol. The number of ether oxygens (including phenoxy) is 2. The Balaban J connectivity index is 0.000000142. The third-order valence-electron chi connectivity index (χ3n) is 21.6. The lowest BCUT2D eigenvalue weighted by atomic mass is 9.87. The summed E-state index contributed by atoms with van der Waals surface area (Å²) in [7, 11) is -1.09. The first-order chi connectivity index (χ1) is 58.2. The predicted molar refractivity (Wildman–Crippen MR) is 453 cm³/mol.